The SMILES string of the molecule is COc1cc(-c2sc(=S)[nH]c2C(=O)O)cc(OC)c1OC. The van der Waals surface area contributed by atoms with Crippen LogP contribution in [0.25, 0.3) is 10.4 Å². The van der Waals surface area contributed by atoms with Gasteiger partial charge in [0.1, 0.15) is 5.69 Å². The topological polar surface area (TPSA) is 80.8 Å². The van der Waals surface area contributed by atoms with Crippen LogP contribution in [0.2, 0.25) is 0 Å². The summed E-state index contributed by atoms with van der Waals surface area (Å²) in [6, 6.07) is 3.37. The van der Waals surface area contributed by atoms with Crippen LogP contribution in [0.1, 0.15) is 10.5 Å². The number of aromatic nitrogens is 1. The first-order valence-electron chi connectivity index (χ1n) is 5.78. The molecular formula is C13H13NO5S2. The Hall–Kier alpha value is -2.06. The number of aromatic amines is 1. The molecule has 2 rings (SSSR count). The van der Waals surface area contributed by atoms with Crippen molar-refractivity contribution in [2.45, 2.75) is 0 Å². The van der Waals surface area contributed by atoms with E-state index in [0.29, 0.717) is 31.6 Å². The Morgan fingerprint density at radius 3 is 2.19 bits per heavy atom. The molecule has 0 saturated carbocycles. The number of rotatable bonds is 5. The van der Waals surface area contributed by atoms with Gasteiger partial charge in [-0.3, -0.25) is 0 Å². The predicted molar refractivity (Wildman–Crippen MR) is 81.6 cm³/mol. The molecule has 112 valence electrons. The number of nitrogens with one attached hydrogen (secondary N) is 1. The molecule has 6 nitrogen and oxygen atoms in total. The maximum atomic E-state index is 11.3. The van der Waals surface area contributed by atoms with E-state index in [-0.39, 0.29) is 5.69 Å². The smallest absolute Gasteiger partial charge is 0.353 e. The van der Waals surface area contributed by atoms with E-state index in [1.807, 2.05) is 0 Å². The number of thiazole rings is 1. The molecule has 0 aliphatic heterocycles. The van der Waals surface area contributed by atoms with Crippen LogP contribution in [0.3, 0.4) is 0 Å². The lowest BCUT2D eigenvalue weighted by Crippen LogP contribution is -2.00. The second-order valence-electron chi connectivity index (χ2n) is 3.94. The Labute approximate surface area is 129 Å². The van der Waals surface area contributed by atoms with Crippen molar-refractivity contribution in [1.82, 2.24) is 4.98 Å². The minimum absolute atomic E-state index is 0.0410. The quantitative estimate of drug-likeness (QED) is 0.821. The highest BCUT2D eigenvalue weighted by Gasteiger charge is 2.20. The summed E-state index contributed by atoms with van der Waals surface area (Å²) < 4.78 is 16.2. The van der Waals surface area contributed by atoms with Gasteiger partial charge in [0.2, 0.25) is 5.75 Å². The zero-order chi connectivity index (χ0) is 15.6. The molecule has 0 bridgehead atoms. The molecule has 1 aromatic heterocycles. The van der Waals surface area contributed by atoms with Crippen molar-refractivity contribution in [3.8, 4) is 27.7 Å². The number of carboxylic acid groups (broad SMARTS) is 1. The summed E-state index contributed by atoms with van der Waals surface area (Å²) in [7, 11) is 4.50. The van der Waals surface area contributed by atoms with Crippen LogP contribution >= 0.6 is 23.6 Å². The van der Waals surface area contributed by atoms with Crippen LogP contribution in [0.15, 0.2) is 12.1 Å². The maximum Gasteiger partial charge on any atom is 0.353 e. The Morgan fingerprint density at radius 1 is 1.19 bits per heavy atom. The molecule has 0 amide bonds. The third-order valence-electron chi connectivity index (χ3n) is 2.79. The highest BCUT2D eigenvalue weighted by Crippen LogP contribution is 2.42. The number of carbonyl (C=O) groups is 1. The number of benzene rings is 1. The van der Waals surface area contributed by atoms with Gasteiger partial charge in [0, 0.05) is 5.56 Å². The van der Waals surface area contributed by atoms with Crippen molar-refractivity contribution in [2.24, 2.45) is 0 Å². The van der Waals surface area contributed by atoms with Gasteiger partial charge >= 0.3 is 5.97 Å². The van der Waals surface area contributed by atoms with E-state index in [1.165, 1.54) is 32.7 Å². The van der Waals surface area contributed by atoms with Gasteiger partial charge in [-0.1, -0.05) is 0 Å². The van der Waals surface area contributed by atoms with Gasteiger partial charge in [-0.05, 0) is 24.4 Å². The number of H-pyrrole nitrogens is 1. The third kappa shape index (κ3) is 2.86. The second kappa shape index (κ2) is 6.15. The van der Waals surface area contributed by atoms with Gasteiger partial charge in [0.05, 0.1) is 26.2 Å². The lowest BCUT2D eigenvalue weighted by Gasteiger charge is -2.13. The summed E-state index contributed by atoms with van der Waals surface area (Å²) in [5, 5.41) is 9.24. The predicted octanol–water partition coefficient (Wildman–Crippen LogP) is 3.20. The zero-order valence-corrected chi connectivity index (χ0v) is 13.2. The monoisotopic (exact) mass is 327 g/mol. The maximum absolute atomic E-state index is 11.3. The summed E-state index contributed by atoms with van der Waals surface area (Å²) in [6.45, 7) is 0. The van der Waals surface area contributed by atoms with Crippen molar-refractivity contribution >= 4 is 29.5 Å². The normalized spacial score (nSPS) is 10.2. The molecule has 0 atom stereocenters. The summed E-state index contributed by atoms with van der Waals surface area (Å²) in [4.78, 5) is 14.5. The molecule has 1 aromatic carbocycles. The molecule has 0 spiro atoms. The summed E-state index contributed by atoms with van der Waals surface area (Å²) in [5.74, 6) is 0.260. The van der Waals surface area contributed by atoms with Gasteiger partial charge in [-0.2, -0.15) is 0 Å². The molecule has 2 N–H and O–H groups in total. The van der Waals surface area contributed by atoms with Crippen LogP contribution in [0, 0.1) is 3.95 Å². The molecule has 21 heavy (non-hydrogen) atoms. The number of hydrogen-bond donors (Lipinski definition) is 2. The van der Waals surface area contributed by atoms with E-state index >= 15 is 0 Å². The van der Waals surface area contributed by atoms with E-state index in [2.05, 4.69) is 4.98 Å². The fourth-order valence-electron chi connectivity index (χ4n) is 1.89. The third-order valence-corrected chi connectivity index (χ3v) is 4.07. The van der Waals surface area contributed by atoms with Crippen molar-refractivity contribution < 1.29 is 24.1 Å². The first-order chi connectivity index (χ1) is 10.0. The fraction of sp³-hybridized carbons (Fsp3) is 0.231. The lowest BCUT2D eigenvalue weighted by molar-refractivity contribution is 0.0692. The summed E-state index contributed by atoms with van der Waals surface area (Å²) >= 11 is 6.20. The van der Waals surface area contributed by atoms with Gasteiger partial charge in [0.15, 0.2) is 15.5 Å². The highest BCUT2D eigenvalue weighted by molar-refractivity contribution is 7.73. The van der Waals surface area contributed by atoms with Crippen molar-refractivity contribution in [2.75, 3.05) is 21.3 Å². The Balaban J connectivity index is 2.70. The Kier molecular flexibility index (Phi) is 4.49. The summed E-state index contributed by atoms with van der Waals surface area (Å²) in [6.07, 6.45) is 0. The number of methoxy groups -OCH3 is 3. The van der Waals surface area contributed by atoms with Gasteiger partial charge in [-0.25, -0.2) is 4.79 Å². The minimum atomic E-state index is -1.08. The van der Waals surface area contributed by atoms with Crippen LogP contribution in [-0.4, -0.2) is 37.4 Å². The van der Waals surface area contributed by atoms with E-state index in [9.17, 15) is 9.90 Å². The van der Waals surface area contributed by atoms with E-state index in [0.717, 1.165) is 0 Å². The van der Waals surface area contributed by atoms with E-state index < -0.39 is 5.97 Å². The van der Waals surface area contributed by atoms with Crippen molar-refractivity contribution in [1.29, 1.82) is 0 Å². The first kappa shape index (κ1) is 15.3. The van der Waals surface area contributed by atoms with Crippen LogP contribution < -0.4 is 14.2 Å². The second-order valence-corrected chi connectivity index (χ2v) is 5.63. The zero-order valence-electron chi connectivity index (χ0n) is 11.6. The number of aromatic carboxylic acids is 1. The van der Waals surface area contributed by atoms with Gasteiger partial charge in [-0.15, -0.1) is 11.3 Å². The van der Waals surface area contributed by atoms with Crippen LogP contribution in [0.4, 0.5) is 0 Å². The average Bonchev–Trinajstić information content (AvgIpc) is 2.87. The number of hydrogen-bond acceptors (Lipinski definition) is 6. The number of ether oxygens (including phenoxy) is 3. The minimum Gasteiger partial charge on any atom is -0.493 e. The molecule has 2 aromatic rings. The fourth-order valence-corrected chi connectivity index (χ4v) is 3.06. The highest BCUT2D eigenvalue weighted by atomic mass is 32.1. The Bertz CT molecular complexity index is 709. The van der Waals surface area contributed by atoms with Crippen LogP contribution in [0.5, 0.6) is 17.2 Å². The molecule has 0 fully saturated rings. The first-order valence-corrected chi connectivity index (χ1v) is 7.01. The molecule has 0 radical (unpaired) electrons. The van der Waals surface area contributed by atoms with E-state index in [4.69, 9.17) is 26.4 Å². The average molecular weight is 327 g/mol. The lowest BCUT2D eigenvalue weighted by atomic mass is 10.1. The molecule has 8 heteroatoms. The molecule has 0 aliphatic rings. The van der Waals surface area contributed by atoms with Crippen molar-refractivity contribution in [3.05, 3.63) is 21.8 Å². The molecular weight excluding hydrogens is 314 g/mol. The Morgan fingerprint density at radius 2 is 1.76 bits per heavy atom. The largest absolute Gasteiger partial charge is 0.493 e. The standard InChI is InChI=1S/C13H13NO5S2/c1-17-7-4-6(5-8(18-2)10(7)19-3)11-9(12(15)16)14-13(20)21-11/h4-5H,1-3H3,(H,14,20)(H,15,16). The molecule has 0 aliphatic carbocycles. The molecule has 1 heterocycles. The van der Waals surface area contributed by atoms with E-state index in [1.54, 1.807) is 12.1 Å². The van der Waals surface area contributed by atoms with Gasteiger partial charge < -0.3 is 24.3 Å². The van der Waals surface area contributed by atoms with Crippen molar-refractivity contribution in [3.63, 3.8) is 0 Å². The number of carboxylic acids is 1. The molecule has 0 saturated heterocycles. The van der Waals surface area contributed by atoms with Gasteiger partial charge in [0.25, 0.3) is 0 Å². The molecule has 0 unspecified atom stereocenters. The van der Waals surface area contributed by atoms with Crippen LogP contribution in [-0.2, 0) is 0 Å². The summed E-state index contributed by atoms with van der Waals surface area (Å²) in [5.41, 5.74) is 0.665.